The molecule has 86 valence electrons. The number of aliphatic carboxylic acids is 1. The van der Waals surface area contributed by atoms with Crippen molar-refractivity contribution in [3.63, 3.8) is 0 Å². The molecule has 0 saturated carbocycles. The molecule has 1 heterocycles. The second-order valence-electron chi connectivity index (χ2n) is 3.26. The van der Waals surface area contributed by atoms with E-state index in [2.05, 4.69) is 15.5 Å². The van der Waals surface area contributed by atoms with Gasteiger partial charge in [0.15, 0.2) is 0 Å². The van der Waals surface area contributed by atoms with E-state index in [0.29, 0.717) is 5.13 Å². The van der Waals surface area contributed by atoms with Gasteiger partial charge >= 0.3 is 5.97 Å². The van der Waals surface area contributed by atoms with Gasteiger partial charge in [-0.2, -0.15) is 0 Å². The molecule has 16 heavy (non-hydrogen) atoms. The number of nitrogens with zero attached hydrogens (tertiary/aromatic N) is 2. The van der Waals surface area contributed by atoms with Crippen LogP contribution in [0.1, 0.15) is 24.8 Å². The zero-order valence-electron chi connectivity index (χ0n) is 8.80. The van der Waals surface area contributed by atoms with Crippen LogP contribution in [0.3, 0.4) is 0 Å². The van der Waals surface area contributed by atoms with Gasteiger partial charge in [0, 0.05) is 18.1 Å². The first-order valence-corrected chi connectivity index (χ1v) is 5.36. The lowest BCUT2D eigenvalue weighted by molar-refractivity contribution is -0.131. The average Bonchev–Trinajstić information content (AvgIpc) is 2.63. The van der Waals surface area contributed by atoms with Crippen molar-refractivity contribution in [1.82, 2.24) is 10.2 Å². The summed E-state index contributed by atoms with van der Waals surface area (Å²) in [7, 11) is 0. The second kappa shape index (κ2) is 5.36. The SMILES string of the molecule is CC(C)c1nnc(NC(=O)/C=C/C(=O)O)s1. The highest BCUT2D eigenvalue weighted by Crippen LogP contribution is 2.22. The molecule has 1 amide bonds. The molecular weight excluding hydrogens is 230 g/mol. The fourth-order valence-electron chi connectivity index (χ4n) is 0.812. The fraction of sp³-hybridized carbons (Fsp3) is 0.333. The van der Waals surface area contributed by atoms with E-state index in [1.54, 1.807) is 0 Å². The van der Waals surface area contributed by atoms with Crippen LogP contribution in [0.4, 0.5) is 5.13 Å². The van der Waals surface area contributed by atoms with E-state index in [0.717, 1.165) is 17.2 Å². The Morgan fingerprint density at radius 3 is 2.56 bits per heavy atom. The lowest BCUT2D eigenvalue weighted by atomic mass is 10.2. The third-order valence-electron chi connectivity index (χ3n) is 1.54. The Morgan fingerprint density at radius 2 is 2.06 bits per heavy atom. The van der Waals surface area contributed by atoms with Crippen LogP contribution in [-0.4, -0.2) is 27.2 Å². The van der Waals surface area contributed by atoms with Crippen molar-refractivity contribution >= 4 is 28.3 Å². The largest absolute Gasteiger partial charge is 0.478 e. The van der Waals surface area contributed by atoms with E-state index in [9.17, 15) is 9.59 Å². The van der Waals surface area contributed by atoms with E-state index in [1.165, 1.54) is 11.3 Å². The van der Waals surface area contributed by atoms with Crippen molar-refractivity contribution in [3.8, 4) is 0 Å². The zero-order valence-corrected chi connectivity index (χ0v) is 9.61. The number of hydrogen-bond acceptors (Lipinski definition) is 5. The summed E-state index contributed by atoms with van der Waals surface area (Å²) in [4.78, 5) is 21.3. The number of hydrogen-bond donors (Lipinski definition) is 2. The van der Waals surface area contributed by atoms with E-state index >= 15 is 0 Å². The minimum atomic E-state index is -1.17. The third kappa shape index (κ3) is 3.77. The molecule has 0 radical (unpaired) electrons. The van der Waals surface area contributed by atoms with Crippen molar-refractivity contribution in [2.24, 2.45) is 0 Å². The number of aromatic nitrogens is 2. The van der Waals surface area contributed by atoms with Crippen molar-refractivity contribution in [2.45, 2.75) is 19.8 Å². The molecule has 2 N–H and O–H groups in total. The molecule has 0 atom stereocenters. The summed E-state index contributed by atoms with van der Waals surface area (Å²) in [5.74, 6) is -1.46. The summed E-state index contributed by atoms with van der Waals surface area (Å²) >= 11 is 1.27. The maximum atomic E-state index is 11.2. The molecule has 1 aromatic rings. The number of rotatable bonds is 4. The van der Waals surface area contributed by atoms with Crippen LogP contribution >= 0.6 is 11.3 Å². The van der Waals surface area contributed by atoms with Crippen LogP contribution in [0, 0.1) is 0 Å². The van der Waals surface area contributed by atoms with Crippen molar-refractivity contribution in [1.29, 1.82) is 0 Å². The molecule has 0 aliphatic rings. The number of amides is 1. The number of carbonyl (C=O) groups is 2. The van der Waals surface area contributed by atoms with Crippen LogP contribution in [-0.2, 0) is 9.59 Å². The zero-order chi connectivity index (χ0) is 12.1. The van der Waals surface area contributed by atoms with E-state index in [4.69, 9.17) is 5.11 Å². The maximum Gasteiger partial charge on any atom is 0.328 e. The van der Waals surface area contributed by atoms with Gasteiger partial charge in [0.05, 0.1) is 0 Å². The maximum absolute atomic E-state index is 11.2. The van der Waals surface area contributed by atoms with E-state index < -0.39 is 11.9 Å². The van der Waals surface area contributed by atoms with Crippen molar-refractivity contribution in [3.05, 3.63) is 17.2 Å². The van der Waals surface area contributed by atoms with E-state index in [-0.39, 0.29) is 5.92 Å². The second-order valence-corrected chi connectivity index (χ2v) is 4.27. The average molecular weight is 241 g/mol. The summed E-state index contributed by atoms with van der Waals surface area (Å²) in [5, 5.41) is 19.6. The van der Waals surface area contributed by atoms with Crippen LogP contribution in [0.25, 0.3) is 0 Å². The third-order valence-corrected chi connectivity index (χ3v) is 2.68. The molecular formula is C9H11N3O3S. The highest BCUT2D eigenvalue weighted by atomic mass is 32.1. The van der Waals surface area contributed by atoms with Crippen molar-refractivity contribution < 1.29 is 14.7 Å². The van der Waals surface area contributed by atoms with Gasteiger partial charge in [-0.1, -0.05) is 25.2 Å². The molecule has 0 bridgehead atoms. The Kier molecular flexibility index (Phi) is 4.12. The Bertz CT molecular complexity index is 425. The first-order chi connectivity index (χ1) is 7.49. The predicted octanol–water partition coefficient (Wildman–Crippen LogP) is 1.24. The quantitative estimate of drug-likeness (QED) is 0.774. The predicted molar refractivity (Wildman–Crippen MR) is 59.4 cm³/mol. The van der Waals surface area contributed by atoms with Crippen LogP contribution in [0.15, 0.2) is 12.2 Å². The minimum Gasteiger partial charge on any atom is -0.478 e. The molecule has 6 nitrogen and oxygen atoms in total. The smallest absolute Gasteiger partial charge is 0.328 e. The van der Waals surface area contributed by atoms with Gasteiger partial charge in [-0.15, -0.1) is 10.2 Å². The van der Waals surface area contributed by atoms with Gasteiger partial charge in [-0.25, -0.2) is 4.79 Å². The topological polar surface area (TPSA) is 92.2 Å². The Morgan fingerprint density at radius 1 is 1.38 bits per heavy atom. The van der Waals surface area contributed by atoms with Gasteiger partial charge in [0.25, 0.3) is 0 Å². The molecule has 0 saturated heterocycles. The lowest BCUT2D eigenvalue weighted by Gasteiger charge is -1.95. The number of carboxylic acid groups (broad SMARTS) is 1. The van der Waals surface area contributed by atoms with Gasteiger partial charge in [0.2, 0.25) is 11.0 Å². The summed E-state index contributed by atoms with van der Waals surface area (Å²) in [5.41, 5.74) is 0. The molecule has 0 fully saturated rings. The molecule has 1 rings (SSSR count). The Balaban J connectivity index is 2.59. The molecule has 0 aromatic carbocycles. The lowest BCUT2D eigenvalue weighted by Crippen LogP contribution is -2.08. The van der Waals surface area contributed by atoms with Crippen LogP contribution < -0.4 is 5.32 Å². The number of nitrogens with one attached hydrogen (secondary N) is 1. The van der Waals surface area contributed by atoms with Gasteiger partial charge < -0.3 is 5.11 Å². The number of anilines is 1. The summed E-state index contributed by atoms with van der Waals surface area (Å²) in [6, 6.07) is 0. The normalized spacial score (nSPS) is 10.9. The first kappa shape index (κ1) is 12.3. The number of carboxylic acids is 1. The fourth-order valence-corrected chi connectivity index (χ4v) is 1.56. The monoisotopic (exact) mass is 241 g/mol. The molecule has 0 spiro atoms. The molecule has 7 heteroatoms. The first-order valence-electron chi connectivity index (χ1n) is 4.54. The van der Waals surface area contributed by atoms with Crippen molar-refractivity contribution in [2.75, 3.05) is 5.32 Å². The Hall–Kier alpha value is -1.76. The summed E-state index contributed by atoms with van der Waals surface area (Å²) in [6.45, 7) is 3.94. The van der Waals surface area contributed by atoms with Gasteiger partial charge in [0.1, 0.15) is 5.01 Å². The van der Waals surface area contributed by atoms with Crippen LogP contribution in [0.5, 0.6) is 0 Å². The molecule has 0 aliphatic carbocycles. The molecule has 1 aromatic heterocycles. The highest BCUT2D eigenvalue weighted by Gasteiger charge is 2.08. The highest BCUT2D eigenvalue weighted by molar-refractivity contribution is 7.15. The number of carbonyl (C=O) groups excluding carboxylic acids is 1. The van der Waals surface area contributed by atoms with Gasteiger partial charge in [-0.3, -0.25) is 10.1 Å². The minimum absolute atomic E-state index is 0.248. The molecule has 0 unspecified atom stereocenters. The van der Waals surface area contributed by atoms with Gasteiger partial charge in [-0.05, 0) is 0 Å². The standard InChI is InChI=1S/C9H11N3O3S/c1-5(2)8-11-12-9(16-8)10-6(13)3-4-7(14)15/h3-5H,1-2H3,(H,14,15)(H,10,12,13)/b4-3+. The summed E-state index contributed by atoms with van der Waals surface area (Å²) in [6.07, 6.45) is 1.69. The Labute approximate surface area is 96.0 Å². The molecule has 0 aliphatic heterocycles. The van der Waals surface area contributed by atoms with Crippen LogP contribution in [0.2, 0.25) is 0 Å². The van der Waals surface area contributed by atoms with E-state index in [1.807, 2.05) is 13.8 Å². The summed E-state index contributed by atoms with van der Waals surface area (Å²) < 4.78 is 0.